The average Bonchev–Trinajstić information content (AvgIpc) is 2.45. The molecule has 2 rings (SSSR count). The quantitative estimate of drug-likeness (QED) is 0.878. The maximum Gasteiger partial charge on any atom is 0.338 e. The molecule has 0 saturated carbocycles. The van der Waals surface area contributed by atoms with Gasteiger partial charge in [0.25, 0.3) is 0 Å². The van der Waals surface area contributed by atoms with Gasteiger partial charge in [-0.05, 0) is 45.0 Å². The molecule has 0 saturated heterocycles. The molecule has 0 aliphatic heterocycles. The van der Waals surface area contributed by atoms with Crippen molar-refractivity contribution in [2.75, 3.05) is 5.32 Å². The first-order valence-electron chi connectivity index (χ1n) is 7.33. The molecule has 0 spiro atoms. The second kappa shape index (κ2) is 6.56. The fourth-order valence-corrected chi connectivity index (χ4v) is 2.11. The molecular formula is C17H20N2O3. The van der Waals surface area contributed by atoms with Gasteiger partial charge in [-0.1, -0.05) is 6.92 Å². The molecule has 5 nitrogen and oxygen atoms in total. The Morgan fingerprint density at radius 1 is 1.27 bits per heavy atom. The number of fused-ring (bicyclic) bond motifs is 1. The Kier molecular flexibility index (Phi) is 4.75. The van der Waals surface area contributed by atoms with Crippen molar-refractivity contribution < 1.29 is 14.3 Å². The van der Waals surface area contributed by atoms with Gasteiger partial charge in [-0.2, -0.15) is 0 Å². The molecule has 0 radical (unpaired) electrons. The van der Waals surface area contributed by atoms with E-state index in [1.807, 2.05) is 6.92 Å². The van der Waals surface area contributed by atoms with Gasteiger partial charge in [0.05, 0.1) is 22.9 Å². The van der Waals surface area contributed by atoms with Gasteiger partial charge in [0.1, 0.15) is 0 Å². The zero-order valence-electron chi connectivity index (χ0n) is 13.3. The summed E-state index contributed by atoms with van der Waals surface area (Å²) in [5.74, 6) is -0.465. The summed E-state index contributed by atoms with van der Waals surface area (Å²) in [6, 6.07) is 6.96. The highest BCUT2D eigenvalue weighted by Crippen LogP contribution is 2.25. The number of carbonyl (C=O) groups is 2. The molecule has 0 aliphatic carbocycles. The van der Waals surface area contributed by atoms with Crippen LogP contribution >= 0.6 is 0 Å². The summed E-state index contributed by atoms with van der Waals surface area (Å²) >= 11 is 0. The van der Waals surface area contributed by atoms with Gasteiger partial charge in [0, 0.05) is 17.5 Å². The third-order valence-corrected chi connectivity index (χ3v) is 3.11. The zero-order chi connectivity index (χ0) is 16.3. The van der Waals surface area contributed by atoms with Crippen molar-refractivity contribution in [3.8, 4) is 0 Å². The van der Waals surface area contributed by atoms with Crippen molar-refractivity contribution in [1.29, 1.82) is 0 Å². The summed E-state index contributed by atoms with van der Waals surface area (Å²) in [5, 5.41) is 3.58. The van der Waals surface area contributed by atoms with E-state index in [4.69, 9.17) is 4.74 Å². The molecule has 0 fully saturated rings. The number of esters is 1. The zero-order valence-corrected chi connectivity index (χ0v) is 13.3. The number of anilines is 1. The Hall–Kier alpha value is -2.43. The minimum Gasteiger partial charge on any atom is -0.459 e. The largest absolute Gasteiger partial charge is 0.459 e. The SMILES string of the molecule is CCC(=O)Nc1cc(C)nc2ccc(C(=O)OC(C)C)cc12. The van der Waals surface area contributed by atoms with E-state index in [1.54, 1.807) is 45.0 Å². The van der Waals surface area contributed by atoms with Crippen LogP contribution in [-0.4, -0.2) is 23.0 Å². The van der Waals surface area contributed by atoms with E-state index in [0.717, 1.165) is 16.6 Å². The summed E-state index contributed by atoms with van der Waals surface area (Å²) < 4.78 is 5.20. The van der Waals surface area contributed by atoms with Gasteiger partial charge in [0.2, 0.25) is 5.91 Å². The van der Waals surface area contributed by atoms with Crippen LogP contribution in [0, 0.1) is 6.92 Å². The molecule has 1 amide bonds. The average molecular weight is 300 g/mol. The maximum absolute atomic E-state index is 12.0. The molecule has 2 aromatic rings. The third kappa shape index (κ3) is 3.61. The van der Waals surface area contributed by atoms with Crippen LogP contribution < -0.4 is 5.32 Å². The number of carbonyl (C=O) groups excluding carboxylic acids is 2. The van der Waals surface area contributed by atoms with Crippen molar-refractivity contribution in [3.63, 3.8) is 0 Å². The summed E-state index contributed by atoms with van der Waals surface area (Å²) in [7, 11) is 0. The number of rotatable bonds is 4. The molecular weight excluding hydrogens is 280 g/mol. The van der Waals surface area contributed by atoms with Gasteiger partial charge in [-0.15, -0.1) is 0 Å². The predicted molar refractivity (Wildman–Crippen MR) is 86.0 cm³/mol. The second-order valence-corrected chi connectivity index (χ2v) is 5.40. The number of hydrogen-bond donors (Lipinski definition) is 1. The lowest BCUT2D eigenvalue weighted by Crippen LogP contribution is -2.12. The molecule has 22 heavy (non-hydrogen) atoms. The number of ether oxygens (including phenoxy) is 1. The van der Waals surface area contributed by atoms with E-state index in [-0.39, 0.29) is 18.0 Å². The molecule has 0 atom stereocenters. The van der Waals surface area contributed by atoms with Gasteiger partial charge in [0.15, 0.2) is 0 Å². The van der Waals surface area contributed by atoms with Crippen LogP contribution in [0.25, 0.3) is 10.9 Å². The third-order valence-electron chi connectivity index (χ3n) is 3.11. The van der Waals surface area contributed by atoms with E-state index in [0.29, 0.717) is 17.7 Å². The lowest BCUT2D eigenvalue weighted by molar-refractivity contribution is -0.115. The van der Waals surface area contributed by atoms with E-state index in [9.17, 15) is 9.59 Å². The first-order valence-corrected chi connectivity index (χ1v) is 7.33. The fourth-order valence-electron chi connectivity index (χ4n) is 2.11. The van der Waals surface area contributed by atoms with Gasteiger partial charge < -0.3 is 10.1 Å². The fraction of sp³-hybridized carbons (Fsp3) is 0.353. The predicted octanol–water partition coefficient (Wildman–Crippen LogP) is 3.46. The minimum absolute atomic E-state index is 0.0814. The first kappa shape index (κ1) is 15.9. The number of amides is 1. The smallest absolute Gasteiger partial charge is 0.338 e. The molecule has 0 aliphatic rings. The maximum atomic E-state index is 12.0. The highest BCUT2D eigenvalue weighted by atomic mass is 16.5. The number of benzene rings is 1. The molecule has 1 N–H and O–H groups in total. The van der Waals surface area contributed by atoms with Crippen molar-refractivity contribution in [3.05, 3.63) is 35.5 Å². The number of aryl methyl sites for hydroxylation is 1. The highest BCUT2D eigenvalue weighted by molar-refractivity contribution is 6.03. The lowest BCUT2D eigenvalue weighted by Gasteiger charge is -2.11. The van der Waals surface area contributed by atoms with Crippen LogP contribution in [0.4, 0.5) is 5.69 Å². The Bertz CT molecular complexity index is 723. The highest BCUT2D eigenvalue weighted by Gasteiger charge is 2.13. The van der Waals surface area contributed by atoms with Crippen molar-refractivity contribution in [2.45, 2.75) is 40.2 Å². The monoisotopic (exact) mass is 300 g/mol. The van der Waals surface area contributed by atoms with E-state index < -0.39 is 0 Å². The van der Waals surface area contributed by atoms with Gasteiger partial charge in [-0.3, -0.25) is 9.78 Å². The summed E-state index contributed by atoms with van der Waals surface area (Å²) in [6.07, 6.45) is 0.205. The molecule has 1 heterocycles. The topological polar surface area (TPSA) is 68.3 Å². The summed E-state index contributed by atoms with van der Waals surface area (Å²) in [5.41, 5.74) is 2.64. The standard InChI is InChI=1S/C17H20N2O3/c1-5-16(20)19-15-8-11(4)18-14-7-6-12(9-13(14)15)17(21)22-10(2)3/h6-10H,5H2,1-4H3,(H,18,19,20). The van der Waals surface area contributed by atoms with Crippen molar-refractivity contribution in [2.24, 2.45) is 0 Å². The first-order chi connectivity index (χ1) is 10.4. The Labute approximate surface area is 129 Å². The number of hydrogen-bond acceptors (Lipinski definition) is 4. The van der Waals surface area contributed by atoms with Crippen LogP contribution in [0.5, 0.6) is 0 Å². The number of aromatic nitrogens is 1. The van der Waals surface area contributed by atoms with Gasteiger partial charge in [-0.25, -0.2) is 4.79 Å². The summed E-state index contributed by atoms with van der Waals surface area (Å²) in [6.45, 7) is 7.26. The lowest BCUT2D eigenvalue weighted by atomic mass is 10.1. The molecule has 116 valence electrons. The second-order valence-electron chi connectivity index (χ2n) is 5.40. The van der Waals surface area contributed by atoms with E-state index in [2.05, 4.69) is 10.3 Å². The van der Waals surface area contributed by atoms with Crippen LogP contribution in [0.1, 0.15) is 43.2 Å². The van der Waals surface area contributed by atoms with Crippen molar-refractivity contribution >= 4 is 28.5 Å². The molecule has 1 aromatic carbocycles. The van der Waals surface area contributed by atoms with Gasteiger partial charge >= 0.3 is 5.97 Å². The van der Waals surface area contributed by atoms with E-state index >= 15 is 0 Å². The number of nitrogens with zero attached hydrogens (tertiary/aromatic N) is 1. The van der Waals surface area contributed by atoms with Crippen LogP contribution in [0.15, 0.2) is 24.3 Å². The minimum atomic E-state index is -0.384. The van der Waals surface area contributed by atoms with Crippen LogP contribution in [0.2, 0.25) is 0 Å². The summed E-state index contributed by atoms with van der Waals surface area (Å²) in [4.78, 5) is 28.1. The number of pyridine rings is 1. The Morgan fingerprint density at radius 3 is 2.64 bits per heavy atom. The Balaban J connectivity index is 2.49. The molecule has 5 heteroatoms. The normalized spacial score (nSPS) is 10.8. The molecule has 0 bridgehead atoms. The van der Waals surface area contributed by atoms with Crippen molar-refractivity contribution in [1.82, 2.24) is 4.98 Å². The van der Waals surface area contributed by atoms with Crippen LogP contribution in [-0.2, 0) is 9.53 Å². The number of nitrogens with one attached hydrogen (secondary N) is 1. The Morgan fingerprint density at radius 2 is 2.00 bits per heavy atom. The van der Waals surface area contributed by atoms with E-state index in [1.165, 1.54) is 0 Å². The molecule has 1 aromatic heterocycles. The van der Waals surface area contributed by atoms with Crippen LogP contribution in [0.3, 0.4) is 0 Å². The molecule has 0 unspecified atom stereocenters.